The molecule has 1 aromatic carbocycles. The standard InChI is InChI=1S/C17H27ClN2O/c1-4-20-9-5-6-15(20)12-19-11-14-7-8-17(16(18)10-14)21-13(2)3/h7-8,10,13,15,19H,4-6,9,11-12H2,1-3H3/t15-/m1/s1. The molecule has 0 radical (unpaired) electrons. The Kier molecular flexibility index (Phi) is 6.34. The fourth-order valence-electron chi connectivity index (χ4n) is 2.93. The van der Waals surface area contributed by atoms with E-state index in [-0.39, 0.29) is 6.10 Å². The van der Waals surface area contributed by atoms with Crippen molar-refractivity contribution in [3.63, 3.8) is 0 Å². The molecule has 3 nitrogen and oxygen atoms in total. The molecular weight excluding hydrogens is 284 g/mol. The molecule has 0 unspecified atom stereocenters. The third-order valence-corrected chi connectivity index (χ3v) is 4.27. The van der Waals surface area contributed by atoms with E-state index in [1.165, 1.54) is 24.9 Å². The molecule has 1 aliphatic rings. The molecule has 0 spiro atoms. The van der Waals surface area contributed by atoms with Gasteiger partial charge in [0, 0.05) is 19.1 Å². The number of benzene rings is 1. The highest BCUT2D eigenvalue weighted by Crippen LogP contribution is 2.26. The lowest BCUT2D eigenvalue weighted by molar-refractivity contribution is 0.242. The number of nitrogens with zero attached hydrogens (tertiary/aromatic N) is 1. The van der Waals surface area contributed by atoms with Gasteiger partial charge in [0.25, 0.3) is 0 Å². The highest BCUT2D eigenvalue weighted by molar-refractivity contribution is 6.32. The van der Waals surface area contributed by atoms with E-state index in [0.29, 0.717) is 11.1 Å². The van der Waals surface area contributed by atoms with Gasteiger partial charge >= 0.3 is 0 Å². The van der Waals surface area contributed by atoms with Crippen molar-refractivity contribution in [2.45, 2.75) is 52.3 Å². The molecule has 21 heavy (non-hydrogen) atoms. The summed E-state index contributed by atoms with van der Waals surface area (Å²) in [5, 5.41) is 4.25. The van der Waals surface area contributed by atoms with E-state index in [1.54, 1.807) is 0 Å². The van der Waals surface area contributed by atoms with Crippen molar-refractivity contribution in [3.05, 3.63) is 28.8 Å². The molecule has 1 atom stereocenters. The van der Waals surface area contributed by atoms with Gasteiger partial charge in [0.1, 0.15) is 5.75 Å². The molecule has 1 fully saturated rings. The van der Waals surface area contributed by atoms with Crippen LogP contribution in [0.25, 0.3) is 0 Å². The highest BCUT2D eigenvalue weighted by Gasteiger charge is 2.22. The van der Waals surface area contributed by atoms with E-state index >= 15 is 0 Å². The van der Waals surface area contributed by atoms with Gasteiger partial charge in [0.15, 0.2) is 0 Å². The number of likely N-dealkylation sites (tertiary alicyclic amines) is 1. The summed E-state index contributed by atoms with van der Waals surface area (Å²) in [5.41, 5.74) is 1.21. The van der Waals surface area contributed by atoms with Crippen molar-refractivity contribution < 1.29 is 4.74 Å². The number of ether oxygens (including phenoxy) is 1. The zero-order valence-electron chi connectivity index (χ0n) is 13.4. The largest absolute Gasteiger partial charge is 0.489 e. The predicted molar refractivity (Wildman–Crippen MR) is 89.2 cm³/mol. The second kappa shape index (κ2) is 8.02. The maximum Gasteiger partial charge on any atom is 0.138 e. The van der Waals surface area contributed by atoms with Gasteiger partial charge in [-0.15, -0.1) is 0 Å². The summed E-state index contributed by atoms with van der Waals surface area (Å²) in [6.07, 6.45) is 2.78. The van der Waals surface area contributed by atoms with Gasteiger partial charge in [-0.25, -0.2) is 0 Å². The Morgan fingerprint density at radius 2 is 2.24 bits per heavy atom. The minimum Gasteiger partial charge on any atom is -0.489 e. The summed E-state index contributed by atoms with van der Waals surface area (Å²) in [6, 6.07) is 6.74. The van der Waals surface area contributed by atoms with Gasteiger partial charge in [-0.3, -0.25) is 4.90 Å². The summed E-state index contributed by atoms with van der Waals surface area (Å²) < 4.78 is 5.66. The molecule has 0 aliphatic carbocycles. The third-order valence-electron chi connectivity index (χ3n) is 3.97. The van der Waals surface area contributed by atoms with Crippen LogP contribution in [0.1, 0.15) is 39.2 Å². The van der Waals surface area contributed by atoms with E-state index in [0.717, 1.165) is 25.4 Å². The van der Waals surface area contributed by atoms with Crippen molar-refractivity contribution in [1.82, 2.24) is 10.2 Å². The number of halogens is 1. The number of hydrogen-bond acceptors (Lipinski definition) is 3. The first kappa shape index (κ1) is 16.6. The molecule has 0 aromatic heterocycles. The molecule has 0 bridgehead atoms. The molecule has 0 amide bonds. The Morgan fingerprint density at radius 1 is 1.43 bits per heavy atom. The Balaban J connectivity index is 1.82. The molecule has 2 rings (SSSR count). The lowest BCUT2D eigenvalue weighted by Crippen LogP contribution is -2.37. The number of rotatable bonds is 7. The van der Waals surface area contributed by atoms with Crippen molar-refractivity contribution in [2.75, 3.05) is 19.6 Å². The minimum absolute atomic E-state index is 0.147. The summed E-state index contributed by atoms with van der Waals surface area (Å²) in [6.45, 7) is 10.6. The SMILES string of the molecule is CCN1CCC[C@@H]1CNCc1ccc(OC(C)C)c(Cl)c1. The minimum atomic E-state index is 0.147. The molecule has 118 valence electrons. The molecule has 1 aromatic rings. The van der Waals surface area contributed by atoms with E-state index in [4.69, 9.17) is 16.3 Å². The fourth-order valence-corrected chi connectivity index (χ4v) is 3.18. The summed E-state index contributed by atoms with van der Waals surface area (Å²) in [4.78, 5) is 2.56. The maximum atomic E-state index is 6.26. The molecule has 1 saturated heterocycles. The van der Waals surface area contributed by atoms with Gasteiger partial charge in [-0.2, -0.15) is 0 Å². The van der Waals surface area contributed by atoms with Gasteiger partial charge in [-0.1, -0.05) is 24.6 Å². The summed E-state index contributed by atoms with van der Waals surface area (Å²) in [5.74, 6) is 0.767. The van der Waals surface area contributed by atoms with Crippen LogP contribution in [-0.4, -0.2) is 36.7 Å². The highest BCUT2D eigenvalue weighted by atomic mass is 35.5. The van der Waals surface area contributed by atoms with Gasteiger partial charge < -0.3 is 10.1 Å². The van der Waals surface area contributed by atoms with Crippen LogP contribution in [0.5, 0.6) is 5.75 Å². The zero-order valence-corrected chi connectivity index (χ0v) is 14.1. The quantitative estimate of drug-likeness (QED) is 0.831. The average molecular weight is 311 g/mol. The Labute approximate surface area is 133 Å². The Hall–Kier alpha value is -0.770. The molecular formula is C17H27ClN2O. The predicted octanol–water partition coefficient (Wildman–Crippen LogP) is 3.70. The Morgan fingerprint density at radius 3 is 2.90 bits per heavy atom. The molecule has 1 heterocycles. The van der Waals surface area contributed by atoms with E-state index in [9.17, 15) is 0 Å². The monoisotopic (exact) mass is 310 g/mol. The lowest BCUT2D eigenvalue weighted by atomic mass is 10.2. The van der Waals surface area contributed by atoms with E-state index in [1.807, 2.05) is 26.0 Å². The lowest BCUT2D eigenvalue weighted by Gasteiger charge is -2.23. The van der Waals surface area contributed by atoms with Crippen LogP contribution < -0.4 is 10.1 Å². The van der Waals surface area contributed by atoms with Crippen molar-refractivity contribution in [2.24, 2.45) is 0 Å². The topological polar surface area (TPSA) is 24.5 Å². The summed E-state index contributed by atoms with van der Waals surface area (Å²) in [7, 11) is 0. The summed E-state index contributed by atoms with van der Waals surface area (Å²) >= 11 is 6.26. The average Bonchev–Trinajstić information content (AvgIpc) is 2.89. The van der Waals surface area contributed by atoms with E-state index < -0.39 is 0 Å². The van der Waals surface area contributed by atoms with Crippen LogP contribution in [0.4, 0.5) is 0 Å². The third kappa shape index (κ3) is 4.87. The first-order valence-electron chi connectivity index (χ1n) is 8.00. The number of likely N-dealkylation sites (N-methyl/N-ethyl adjacent to an activating group) is 1. The Bertz CT molecular complexity index is 450. The van der Waals surface area contributed by atoms with Crippen LogP contribution in [0.3, 0.4) is 0 Å². The van der Waals surface area contributed by atoms with Gasteiger partial charge in [0.2, 0.25) is 0 Å². The van der Waals surface area contributed by atoms with Crippen LogP contribution in [0.2, 0.25) is 5.02 Å². The van der Waals surface area contributed by atoms with E-state index in [2.05, 4.69) is 23.2 Å². The zero-order chi connectivity index (χ0) is 15.2. The molecule has 4 heteroatoms. The van der Waals surface area contributed by atoms with Crippen molar-refractivity contribution >= 4 is 11.6 Å². The van der Waals surface area contributed by atoms with Gasteiger partial charge in [-0.05, 0) is 57.5 Å². The first-order valence-corrected chi connectivity index (χ1v) is 8.37. The normalized spacial score (nSPS) is 19.4. The smallest absolute Gasteiger partial charge is 0.138 e. The van der Waals surface area contributed by atoms with Gasteiger partial charge in [0.05, 0.1) is 11.1 Å². The second-order valence-corrected chi connectivity index (χ2v) is 6.39. The fraction of sp³-hybridized carbons (Fsp3) is 0.647. The van der Waals surface area contributed by atoms with Crippen LogP contribution >= 0.6 is 11.6 Å². The van der Waals surface area contributed by atoms with Crippen LogP contribution in [-0.2, 0) is 6.54 Å². The second-order valence-electron chi connectivity index (χ2n) is 5.99. The van der Waals surface area contributed by atoms with Crippen molar-refractivity contribution in [3.8, 4) is 5.75 Å². The molecule has 1 aliphatic heterocycles. The number of hydrogen-bond donors (Lipinski definition) is 1. The molecule has 0 saturated carbocycles. The maximum absolute atomic E-state index is 6.26. The van der Waals surface area contributed by atoms with Crippen LogP contribution in [0.15, 0.2) is 18.2 Å². The van der Waals surface area contributed by atoms with Crippen LogP contribution in [0, 0.1) is 0 Å². The molecule has 1 N–H and O–H groups in total. The number of nitrogens with one attached hydrogen (secondary N) is 1. The first-order chi connectivity index (χ1) is 10.1. The van der Waals surface area contributed by atoms with Crippen molar-refractivity contribution in [1.29, 1.82) is 0 Å².